The highest BCUT2D eigenvalue weighted by molar-refractivity contribution is 5.79. The number of carbonyl (C=O) groups is 2. The molecule has 6 heteroatoms. The number of carboxylic acid groups (broad SMARTS) is 1. The fourth-order valence-corrected chi connectivity index (χ4v) is 3.29. The number of carboxylic acids is 1. The number of nitrogens with one attached hydrogen (secondary N) is 2. The first-order valence-corrected chi connectivity index (χ1v) is 9.56. The summed E-state index contributed by atoms with van der Waals surface area (Å²) in [7, 11) is 0. The number of alkyl carbamates (subject to hydrolysis) is 1. The highest BCUT2D eigenvalue weighted by atomic mass is 16.5. The first kappa shape index (κ1) is 21.5. The zero-order valence-electron chi connectivity index (χ0n) is 15.5. The van der Waals surface area contributed by atoms with E-state index in [4.69, 9.17) is 5.11 Å². The zero-order chi connectivity index (χ0) is 18.5. The molecule has 1 unspecified atom stereocenters. The molecule has 0 saturated heterocycles. The fourth-order valence-electron chi connectivity index (χ4n) is 3.29. The Morgan fingerprint density at radius 2 is 1.56 bits per heavy atom. The molecule has 0 aromatic carbocycles. The van der Waals surface area contributed by atoms with Gasteiger partial charge in [-0.3, -0.25) is 4.79 Å². The topological polar surface area (TPSA) is 87.7 Å². The van der Waals surface area contributed by atoms with Gasteiger partial charge in [-0.1, -0.05) is 51.2 Å². The predicted molar refractivity (Wildman–Crippen MR) is 98.7 cm³/mol. The van der Waals surface area contributed by atoms with E-state index >= 15 is 0 Å². The van der Waals surface area contributed by atoms with E-state index < -0.39 is 18.1 Å². The molecule has 2 aliphatic rings. The third kappa shape index (κ3) is 10.1. The predicted octanol–water partition coefficient (Wildman–Crippen LogP) is 3.61. The van der Waals surface area contributed by atoms with E-state index in [-0.39, 0.29) is 6.61 Å². The second kappa shape index (κ2) is 12.8. The molecular formula is C19H34N2O4. The molecule has 144 valence electrons. The van der Waals surface area contributed by atoms with Crippen molar-refractivity contribution in [3.8, 4) is 0 Å². The smallest absolute Gasteiger partial charge is 0.408 e. The minimum atomic E-state index is -1.11. The number of ether oxygens (including phenoxy) is 1. The molecule has 25 heavy (non-hydrogen) atoms. The van der Waals surface area contributed by atoms with Crippen molar-refractivity contribution in [1.29, 1.82) is 0 Å². The maximum atomic E-state index is 10.7. The molecule has 3 N–H and O–H groups in total. The van der Waals surface area contributed by atoms with Crippen LogP contribution in [0.1, 0.15) is 71.1 Å². The summed E-state index contributed by atoms with van der Waals surface area (Å²) in [6, 6.07) is 0.802. The van der Waals surface area contributed by atoms with Gasteiger partial charge >= 0.3 is 12.1 Å². The summed E-state index contributed by atoms with van der Waals surface area (Å²) in [4.78, 5) is 20.9. The van der Waals surface area contributed by atoms with Crippen molar-refractivity contribution in [2.24, 2.45) is 0 Å². The molecule has 2 saturated carbocycles. The van der Waals surface area contributed by atoms with Crippen LogP contribution in [0.4, 0.5) is 4.79 Å². The average Bonchev–Trinajstić information content (AvgIpc) is 2.62. The van der Waals surface area contributed by atoms with Crippen molar-refractivity contribution in [3.63, 3.8) is 0 Å². The Hall–Kier alpha value is -1.56. The minimum absolute atomic E-state index is 0.0676. The number of carbonyl (C=O) groups excluding carboxylic acids is 1. The maximum Gasteiger partial charge on any atom is 0.408 e. The fraction of sp³-hybridized carbons (Fsp3) is 0.789. The summed E-state index contributed by atoms with van der Waals surface area (Å²) in [6.45, 7) is 4.74. The largest absolute Gasteiger partial charge is 0.480 e. The normalized spacial score (nSPS) is 19.9. The Balaban J connectivity index is 0.000000252. The van der Waals surface area contributed by atoms with E-state index in [1.165, 1.54) is 77.2 Å². The van der Waals surface area contributed by atoms with Crippen LogP contribution in [0.2, 0.25) is 0 Å². The van der Waals surface area contributed by atoms with Gasteiger partial charge in [0.15, 0.2) is 0 Å². The number of aliphatic carboxylic acids is 1. The molecule has 0 aromatic heterocycles. The van der Waals surface area contributed by atoms with Gasteiger partial charge in [-0.25, -0.2) is 4.79 Å². The molecule has 0 radical (unpaired) electrons. The molecular weight excluding hydrogens is 320 g/mol. The van der Waals surface area contributed by atoms with Gasteiger partial charge in [-0.05, 0) is 32.6 Å². The molecule has 0 aliphatic heterocycles. The number of hydrogen-bond acceptors (Lipinski definition) is 4. The molecule has 6 nitrogen and oxygen atoms in total. The lowest BCUT2D eigenvalue weighted by atomic mass is 9.91. The summed E-state index contributed by atoms with van der Waals surface area (Å²) in [5.41, 5.74) is 0. The van der Waals surface area contributed by atoms with Gasteiger partial charge in [0.25, 0.3) is 0 Å². The van der Waals surface area contributed by atoms with Gasteiger partial charge in [0, 0.05) is 12.1 Å². The van der Waals surface area contributed by atoms with Crippen molar-refractivity contribution in [3.05, 3.63) is 12.7 Å². The summed E-state index contributed by atoms with van der Waals surface area (Å²) in [5, 5.41) is 14.3. The highest BCUT2D eigenvalue weighted by Gasteiger charge is 2.19. The van der Waals surface area contributed by atoms with Gasteiger partial charge in [-0.2, -0.15) is 0 Å². The monoisotopic (exact) mass is 354 g/mol. The van der Waals surface area contributed by atoms with E-state index in [9.17, 15) is 9.59 Å². The van der Waals surface area contributed by atoms with Crippen LogP contribution in [0.25, 0.3) is 0 Å². The Morgan fingerprint density at radius 1 is 1.08 bits per heavy atom. The molecule has 0 spiro atoms. The van der Waals surface area contributed by atoms with E-state index in [0.717, 1.165) is 12.1 Å². The Labute approximate surface area is 151 Å². The Kier molecular flexibility index (Phi) is 11.0. The van der Waals surface area contributed by atoms with Gasteiger partial charge in [0.05, 0.1) is 0 Å². The highest BCUT2D eigenvalue weighted by Crippen LogP contribution is 2.22. The van der Waals surface area contributed by atoms with Gasteiger partial charge in [0.1, 0.15) is 12.6 Å². The lowest BCUT2D eigenvalue weighted by Crippen LogP contribution is -2.40. The van der Waals surface area contributed by atoms with Crippen LogP contribution in [0, 0.1) is 0 Å². The lowest BCUT2D eigenvalue weighted by Gasteiger charge is -2.30. The van der Waals surface area contributed by atoms with Crippen LogP contribution in [-0.4, -0.2) is 41.9 Å². The summed E-state index contributed by atoms with van der Waals surface area (Å²) < 4.78 is 4.48. The molecule has 1 atom stereocenters. The van der Waals surface area contributed by atoms with Gasteiger partial charge < -0.3 is 20.5 Å². The zero-order valence-corrected chi connectivity index (χ0v) is 15.5. The molecule has 0 bridgehead atoms. The SMILES string of the molecule is C1CCC(NC2CCCCC2)CC1.C=CCOC(=O)NC(C)C(=O)O. The van der Waals surface area contributed by atoms with Crippen LogP contribution >= 0.6 is 0 Å². The van der Waals surface area contributed by atoms with Crippen molar-refractivity contribution in [1.82, 2.24) is 10.6 Å². The van der Waals surface area contributed by atoms with Crippen molar-refractivity contribution in [2.45, 2.75) is 89.3 Å². The first-order valence-electron chi connectivity index (χ1n) is 9.56. The maximum absolute atomic E-state index is 10.7. The summed E-state index contributed by atoms with van der Waals surface area (Å²) in [5.74, 6) is -1.11. The van der Waals surface area contributed by atoms with E-state index in [0.29, 0.717) is 0 Å². The third-order valence-electron chi connectivity index (χ3n) is 4.72. The first-order chi connectivity index (χ1) is 12.0. The van der Waals surface area contributed by atoms with Gasteiger partial charge in [0.2, 0.25) is 0 Å². The van der Waals surface area contributed by atoms with Crippen LogP contribution in [0.5, 0.6) is 0 Å². The quantitative estimate of drug-likeness (QED) is 0.634. The molecule has 2 aliphatic carbocycles. The minimum Gasteiger partial charge on any atom is -0.480 e. The van der Waals surface area contributed by atoms with E-state index in [2.05, 4.69) is 21.9 Å². The van der Waals surface area contributed by atoms with Crippen molar-refractivity contribution >= 4 is 12.1 Å². The van der Waals surface area contributed by atoms with Gasteiger partial charge in [-0.15, -0.1) is 0 Å². The molecule has 2 fully saturated rings. The lowest BCUT2D eigenvalue weighted by molar-refractivity contribution is -0.138. The number of hydrogen-bond donors (Lipinski definition) is 3. The second-order valence-electron chi connectivity index (χ2n) is 6.93. The van der Waals surface area contributed by atoms with Crippen molar-refractivity contribution < 1.29 is 19.4 Å². The van der Waals surface area contributed by atoms with Crippen LogP contribution < -0.4 is 10.6 Å². The summed E-state index contributed by atoms with van der Waals surface area (Å²) in [6.07, 6.45) is 15.2. The average molecular weight is 354 g/mol. The van der Waals surface area contributed by atoms with Crippen molar-refractivity contribution in [2.75, 3.05) is 6.61 Å². The molecule has 0 heterocycles. The summed E-state index contributed by atoms with van der Waals surface area (Å²) >= 11 is 0. The van der Waals surface area contributed by atoms with Crippen LogP contribution in [0.3, 0.4) is 0 Å². The number of amides is 1. The Morgan fingerprint density at radius 3 is 1.96 bits per heavy atom. The molecule has 1 amide bonds. The van der Waals surface area contributed by atoms with E-state index in [1.54, 1.807) is 0 Å². The molecule has 0 aromatic rings. The second-order valence-corrected chi connectivity index (χ2v) is 6.93. The third-order valence-corrected chi connectivity index (χ3v) is 4.72. The Bertz CT molecular complexity index is 386. The number of rotatable bonds is 6. The van der Waals surface area contributed by atoms with Crippen LogP contribution in [0.15, 0.2) is 12.7 Å². The standard InChI is InChI=1S/C12H23N.C7H11NO4/c1-3-7-11(8-4-1)13-12-9-5-2-6-10-12;1-3-4-12-7(11)8-5(2)6(9)10/h11-13H,1-10H2;3,5H,1,4H2,2H3,(H,8,11)(H,9,10). The van der Waals surface area contributed by atoms with Crippen LogP contribution in [-0.2, 0) is 9.53 Å². The molecule has 2 rings (SSSR count). The van der Waals surface area contributed by atoms with E-state index in [1.807, 2.05) is 0 Å².